The topological polar surface area (TPSA) is 80.3 Å². The number of benzene rings is 2. The molecule has 1 aromatic heterocycles. The van der Waals surface area contributed by atoms with Crippen molar-refractivity contribution in [2.75, 3.05) is 18.5 Å². The van der Waals surface area contributed by atoms with Gasteiger partial charge in [-0.05, 0) is 56.3 Å². The lowest BCUT2D eigenvalue weighted by atomic mass is 10.2. The van der Waals surface area contributed by atoms with Gasteiger partial charge in [-0.3, -0.25) is 9.59 Å². The van der Waals surface area contributed by atoms with Crippen LogP contribution in [-0.4, -0.2) is 29.9 Å². The highest BCUT2D eigenvalue weighted by Gasteiger charge is 2.09. The van der Waals surface area contributed by atoms with Gasteiger partial charge in [-0.2, -0.15) is 0 Å². The summed E-state index contributed by atoms with van der Waals surface area (Å²) in [7, 11) is 0. The smallest absolute Gasteiger partial charge is 0.251 e. The maximum atomic E-state index is 12.1. The lowest BCUT2D eigenvalue weighted by molar-refractivity contribution is -0.115. The van der Waals surface area contributed by atoms with Gasteiger partial charge in [-0.25, -0.2) is 4.98 Å². The second-order valence-electron chi connectivity index (χ2n) is 5.60. The zero-order valence-corrected chi connectivity index (χ0v) is 15.4. The standard InChI is InChI=1S/C19H19N3O3S/c1-3-25-15-7-4-13(5-8-15)19(24)20-11-18(23)22-14-6-9-16-17(10-14)26-12(2)21-16/h4-10H,3,11H2,1-2H3,(H,20,24)(H,22,23). The van der Waals surface area contributed by atoms with E-state index in [1.807, 2.05) is 26.0 Å². The third-order valence-electron chi connectivity index (χ3n) is 3.62. The average Bonchev–Trinajstić information content (AvgIpc) is 3.00. The van der Waals surface area contributed by atoms with Crippen LogP contribution in [0.15, 0.2) is 42.5 Å². The summed E-state index contributed by atoms with van der Waals surface area (Å²) in [6.07, 6.45) is 0. The maximum absolute atomic E-state index is 12.1. The monoisotopic (exact) mass is 369 g/mol. The van der Waals surface area contributed by atoms with Crippen molar-refractivity contribution in [2.45, 2.75) is 13.8 Å². The van der Waals surface area contributed by atoms with Crippen molar-refractivity contribution >= 4 is 39.1 Å². The molecule has 7 heteroatoms. The van der Waals surface area contributed by atoms with E-state index < -0.39 is 0 Å². The quantitative estimate of drug-likeness (QED) is 0.698. The summed E-state index contributed by atoms with van der Waals surface area (Å²) in [5, 5.41) is 6.37. The van der Waals surface area contributed by atoms with Gasteiger partial charge in [0.25, 0.3) is 5.91 Å². The predicted molar refractivity (Wildman–Crippen MR) is 103 cm³/mol. The van der Waals surface area contributed by atoms with Crippen LogP contribution in [0.4, 0.5) is 5.69 Å². The van der Waals surface area contributed by atoms with E-state index in [0.29, 0.717) is 23.6 Å². The highest BCUT2D eigenvalue weighted by atomic mass is 32.1. The number of hydrogen-bond acceptors (Lipinski definition) is 5. The van der Waals surface area contributed by atoms with E-state index in [2.05, 4.69) is 15.6 Å². The van der Waals surface area contributed by atoms with Crippen LogP contribution in [-0.2, 0) is 4.79 Å². The summed E-state index contributed by atoms with van der Waals surface area (Å²) < 4.78 is 6.35. The van der Waals surface area contributed by atoms with Gasteiger partial charge in [0, 0.05) is 11.3 Å². The number of nitrogens with zero attached hydrogens (tertiary/aromatic N) is 1. The third kappa shape index (κ3) is 4.37. The number of thiazole rings is 1. The van der Waals surface area contributed by atoms with E-state index in [-0.39, 0.29) is 18.4 Å². The number of carbonyl (C=O) groups excluding carboxylic acids is 2. The van der Waals surface area contributed by atoms with Crippen LogP contribution in [0.25, 0.3) is 10.2 Å². The molecule has 0 fully saturated rings. The Morgan fingerprint density at radius 2 is 1.92 bits per heavy atom. The molecule has 2 N–H and O–H groups in total. The number of carbonyl (C=O) groups is 2. The zero-order chi connectivity index (χ0) is 18.5. The van der Waals surface area contributed by atoms with Crippen LogP contribution in [0.3, 0.4) is 0 Å². The minimum Gasteiger partial charge on any atom is -0.494 e. The molecule has 0 atom stereocenters. The van der Waals surface area contributed by atoms with Gasteiger partial charge in [-0.15, -0.1) is 11.3 Å². The molecule has 0 aliphatic carbocycles. The molecule has 1 heterocycles. The first-order valence-corrected chi connectivity index (χ1v) is 9.05. The van der Waals surface area contributed by atoms with Crippen LogP contribution in [0.2, 0.25) is 0 Å². The lowest BCUT2D eigenvalue weighted by Crippen LogP contribution is -2.32. The van der Waals surface area contributed by atoms with Crippen LogP contribution in [0, 0.1) is 6.92 Å². The van der Waals surface area contributed by atoms with E-state index in [4.69, 9.17) is 4.74 Å². The summed E-state index contributed by atoms with van der Waals surface area (Å²) in [4.78, 5) is 28.6. The molecule has 0 unspecified atom stereocenters. The number of anilines is 1. The molecule has 0 aliphatic rings. The van der Waals surface area contributed by atoms with Crippen LogP contribution >= 0.6 is 11.3 Å². The molecule has 0 aliphatic heterocycles. The lowest BCUT2D eigenvalue weighted by Gasteiger charge is -2.08. The fraction of sp³-hybridized carbons (Fsp3) is 0.211. The molecule has 2 amide bonds. The molecule has 0 spiro atoms. The first-order valence-electron chi connectivity index (χ1n) is 8.23. The van der Waals surface area contributed by atoms with Crippen molar-refractivity contribution in [1.82, 2.24) is 10.3 Å². The van der Waals surface area contributed by atoms with Crippen molar-refractivity contribution in [1.29, 1.82) is 0 Å². The van der Waals surface area contributed by atoms with Gasteiger partial charge in [-0.1, -0.05) is 0 Å². The zero-order valence-electron chi connectivity index (χ0n) is 14.5. The number of ether oxygens (including phenoxy) is 1. The molecule has 0 bridgehead atoms. The van der Waals surface area contributed by atoms with Crippen molar-refractivity contribution in [2.24, 2.45) is 0 Å². The summed E-state index contributed by atoms with van der Waals surface area (Å²) in [5.74, 6) is 0.108. The number of rotatable bonds is 6. The summed E-state index contributed by atoms with van der Waals surface area (Å²) in [5.41, 5.74) is 2.07. The van der Waals surface area contributed by atoms with Crippen molar-refractivity contribution in [3.05, 3.63) is 53.0 Å². The van der Waals surface area contributed by atoms with Gasteiger partial charge in [0.15, 0.2) is 0 Å². The molecule has 134 valence electrons. The highest BCUT2D eigenvalue weighted by molar-refractivity contribution is 7.18. The second-order valence-corrected chi connectivity index (χ2v) is 6.84. The Bertz CT molecular complexity index is 935. The first kappa shape index (κ1) is 17.9. The van der Waals surface area contributed by atoms with Crippen LogP contribution in [0.5, 0.6) is 5.75 Å². The van der Waals surface area contributed by atoms with E-state index in [1.54, 1.807) is 41.7 Å². The molecule has 2 aromatic carbocycles. The number of amides is 2. The van der Waals surface area contributed by atoms with Gasteiger partial charge in [0.05, 0.1) is 28.4 Å². The molecule has 0 saturated carbocycles. The number of hydrogen-bond donors (Lipinski definition) is 2. The van der Waals surface area contributed by atoms with Crippen molar-refractivity contribution in [3.8, 4) is 5.75 Å². The van der Waals surface area contributed by atoms with E-state index in [9.17, 15) is 9.59 Å². The third-order valence-corrected chi connectivity index (χ3v) is 4.55. The van der Waals surface area contributed by atoms with Gasteiger partial charge >= 0.3 is 0 Å². The van der Waals surface area contributed by atoms with Gasteiger partial charge < -0.3 is 15.4 Å². The van der Waals surface area contributed by atoms with Crippen molar-refractivity contribution in [3.63, 3.8) is 0 Å². The Morgan fingerprint density at radius 1 is 1.15 bits per heavy atom. The normalized spacial score (nSPS) is 10.5. The predicted octanol–water partition coefficient (Wildman–Crippen LogP) is 3.37. The fourth-order valence-electron chi connectivity index (χ4n) is 2.45. The Kier molecular flexibility index (Phi) is 5.48. The fourth-order valence-corrected chi connectivity index (χ4v) is 3.32. The molecular weight excluding hydrogens is 350 g/mol. The Labute approximate surface area is 155 Å². The van der Waals surface area contributed by atoms with Crippen molar-refractivity contribution < 1.29 is 14.3 Å². The largest absolute Gasteiger partial charge is 0.494 e. The molecule has 26 heavy (non-hydrogen) atoms. The Hall–Kier alpha value is -2.93. The number of fused-ring (bicyclic) bond motifs is 1. The SMILES string of the molecule is CCOc1ccc(C(=O)NCC(=O)Nc2ccc3nc(C)sc3c2)cc1. The molecular formula is C19H19N3O3S. The minimum absolute atomic E-state index is 0.105. The Balaban J connectivity index is 1.54. The molecule has 6 nitrogen and oxygen atoms in total. The molecule has 0 radical (unpaired) electrons. The summed E-state index contributed by atoms with van der Waals surface area (Å²) >= 11 is 1.57. The average molecular weight is 369 g/mol. The first-order chi connectivity index (χ1) is 12.5. The van der Waals surface area contributed by atoms with E-state index in [0.717, 1.165) is 15.2 Å². The second kappa shape index (κ2) is 7.97. The number of nitrogens with one attached hydrogen (secondary N) is 2. The molecule has 0 saturated heterocycles. The number of aromatic nitrogens is 1. The van der Waals surface area contributed by atoms with Crippen LogP contribution < -0.4 is 15.4 Å². The maximum Gasteiger partial charge on any atom is 0.251 e. The minimum atomic E-state index is -0.309. The Morgan fingerprint density at radius 3 is 2.65 bits per heavy atom. The van der Waals surface area contributed by atoms with Gasteiger partial charge in [0.2, 0.25) is 5.91 Å². The highest BCUT2D eigenvalue weighted by Crippen LogP contribution is 2.24. The van der Waals surface area contributed by atoms with Gasteiger partial charge in [0.1, 0.15) is 5.75 Å². The van der Waals surface area contributed by atoms with Crippen LogP contribution in [0.1, 0.15) is 22.3 Å². The molecule has 3 rings (SSSR count). The molecule has 3 aromatic rings. The summed E-state index contributed by atoms with van der Waals surface area (Å²) in [6, 6.07) is 12.3. The van der Waals surface area contributed by atoms with E-state index in [1.165, 1.54) is 0 Å². The van der Waals surface area contributed by atoms with E-state index >= 15 is 0 Å². The summed E-state index contributed by atoms with van der Waals surface area (Å²) in [6.45, 7) is 4.30. The number of aryl methyl sites for hydroxylation is 1.